The fourth-order valence-electron chi connectivity index (χ4n) is 1.44. The molecule has 4 heteroatoms. The Balaban J connectivity index is 2.55. The largest absolute Gasteiger partial charge is 0.465 e. The molecule has 0 aromatic carbocycles. The van der Waals surface area contributed by atoms with Gasteiger partial charge in [0.1, 0.15) is 5.92 Å². The second-order valence-corrected chi connectivity index (χ2v) is 3.39. The van der Waals surface area contributed by atoms with Crippen LogP contribution in [-0.4, -0.2) is 25.0 Å². The molecule has 4 nitrogen and oxygen atoms in total. The lowest BCUT2D eigenvalue weighted by Gasteiger charge is -2.25. The summed E-state index contributed by atoms with van der Waals surface area (Å²) < 4.78 is 4.80. The van der Waals surface area contributed by atoms with Crippen molar-refractivity contribution in [3.8, 4) is 0 Å². The average molecular weight is 185 g/mol. The maximum Gasteiger partial charge on any atom is 0.318 e. The van der Waals surface area contributed by atoms with Gasteiger partial charge in [-0.1, -0.05) is 6.92 Å². The third kappa shape index (κ3) is 2.44. The van der Waals surface area contributed by atoms with Gasteiger partial charge in [0.25, 0.3) is 0 Å². The van der Waals surface area contributed by atoms with Crippen LogP contribution in [-0.2, 0) is 14.3 Å². The van der Waals surface area contributed by atoms with E-state index in [0.717, 1.165) is 0 Å². The number of amides is 1. The predicted octanol–water partition coefficient (Wildman–Crippen LogP) is 0.322. The Hall–Kier alpha value is -1.06. The van der Waals surface area contributed by atoms with Crippen molar-refractivity contribution in [3.05, 3.63) is 0 Å². The number of ether oxygens (including phenoxy) is 1. The maximum absolute atomic E-state index is 11.3. The molecule has 13 heavy (non-hydrogen) atoms. The van der Waals surface area contributed by atoms with Crippen molar-refractivity contribution < 1.29 is 14.3 Å². The van der Waals surface area contributed by atoms with Crippen molar-refractivity contribution in [2.45, 2.75) is 20.3 Å². The minimum Gasteiger partial charge on any atom is -0.465 e. The molecule has 0 aromatic heterocycles. The van der Waals surface area contributed by atoms with Crippen LogP contribution in [0, 0.1) is 11.8 Å². The predicted molar refractivity (Wildman–Crippen MR) is 46.9 cm³/mol. The van der Waals surface area contributed by atoms with Gasteiger partial charge in [-0.15, -0.1) is 0 Å². The van der Waals surface area contributed by atoms with Crippen LogP contribution in [0.5, 0.6) is 0 Å². The van der Waals surface area contributed by atoms with E-state index in [0.29, 0.717) is 25.5 Å². The molecule has 0 radical (unpaired) electrons. The molecule has 0 saturated carbocycles. The Morgan fingerprint density at radius 1 is 1.69 bits per heavy atom. The summed E-state index contributed by atoms with van der Waals surface area (Å²) >= 11 is 0. The molecule has 2 atom stereocenters. The lowest BCUT2D eigenvalue weighted by atomic mass is 9.91. The van der Waals surface area contributed by atoms with Crippen LogP contribution < -0.4 is 5.32 Å². The molecule has 1 aliphatic rings. The summed E-state index contributed by atoms with van der Waals surface area (Å²) in [6.07, 6.45) is 0.602. The first-order valence-electron chi connectivity index (χ1n) is 4.59. The fourth-order valence-corrected chi connectivity index (χ4v) is 1.44. The van der Waals surface area contributed by atoms with Gasteiger partial charge in [0, 0.05) is 6.54 Å². The Labute approximate surface area is 77.6 Å². The van der Waals surface area contributed by atoms with Gasteiger partial charge in [-0.3, -0.25) is 9.59 Å². The summed E-state index contributed by atoms with van der Waals surface area (Å²) in [6, 6.07) is 0. The van der Waals surface area contributed by atoms with Crippen molar-refractivity contribution in [1.29, 1.82) is 0 Å². The maximum atomic E-state index is 11.3. The first kappa shape index (κ1) is 10.0. The fraction of sp³-hybridized carbons (Fsp3) is 0.778. The van der Waals surface area contributed by atoms with Crippen LogP contribution >= 0.6 is 0 Å². The van der Waals surface area contributed by atoms with E-state index in [4.69, 9.17) is 4.74 Å². The van der Waals surface area contributed by atoms with Crippen molar-refractivity contribution in [3.63, 3.8) is 0 Å². The molecule has 74 valence electrons. The van der Waals surface area contributed by atoms with E-state index >= 15 is 0 Å². The summed E-state index contributed by atoms with van der Waals surface area (Å²) in [5, 5.41) is 2.68. The lowest BCUT2D eigenvalue weighted by molar-refractivity contribution is -0.154. The molecule has 1 rings (SSSR count). The van der Waals surface area contributed by atoms with Crippen molar-refractivity contribution >= 4 is 11.9 Å². The second-order valence-electron chi connectivity index (χ2n) is 3.39. The summed E-state index contributed by atoms with van der Waals surface area (Å²) in [4.78, 5) is 22.5. The SMILES string of the molecule is CCOC(=O)[C@@H]1CC(C)CNC1=O. The molecule has 1 aliphatic heterocycles. The lowest BCUT2D eigenvalue weighted by Crippen LogP contribution is -2.44. The third-order valence-corrected chi connectivity index (χ3v) is 2.15. The minimum atomic E-state index is -0.594. The summed E-state index contributed by atoms with van der Waals surface area (Å²) in [6.45, 7) is 4.74. The zero-order valence-corrected chi connectivity index (χ0v) is 8.00. The first-order chi connectivity index (χ1) is 6.15. The molecule has 0 bridgehead atoms. The molecular formula is C9H15NO3. The van der Waals surface area contributed by atoms with Crippen molar-refractivity contribution in [2.75, 3.05) is 13.2 Å². The quantitative estimate of drug-likeness (QED) is 0.498. The van der Waals surface area contributed by atoms with Gasteiger partial charge in [-0.05, 0) is 19.3 Å². The molecule has 1 fully saturated rings. The smallest absolute Gasteiger partial charge is 0.318 e. The Morgan fingerprint density at radius 2 is 2.38 bits per heavy atom. The summed E-state index contributed by atoms with van der Waals surface area (Å²) in [7, 11) is 0. The van der Waals surface area contributed by atoms with Crippen LogP contribution in [0.2, 0.25) is 0 Å². The highest BCUT2D eigenvalue weighted by atomic mass is 16.5. The van der Waals surface area contributed by atoms with E-state index in [2.05, 4.69) is 5.32 Å². The number of rotatable bonds is 2. The van der Waals surface area contributed by atoms with E-state index in [1.165, 1.54) is 0 Å². The Bertz CT molecular complexity index is 215. The molecule has 0 aromatic rings. The molecule has 0 aliphatic carbocycles. The van der Waals surface area contributed by atoms with Crippen molar-refractivity contribution in [2.24, 2.45) is 11.8 Å². The molecule has 1 N–H and O–H groups in total. The highest BCUT2D eigenvalue weighted by molar-refractivity contribution is 5.98. The average Bonchev–Trinajstić information content (AvgIpc) is 2.09. The van der Waals surface area contributed by atoms with E-state index in [1.807, 2.05) is 6.92 Å². The van der Waals surface area contributed by atoms with Gasteiger partial charge in [-0.2, -0.15) is 0 Å². The van der Waals surface area contributed by atoms with E-state index < -0.39 is 11.9 Å². The third-order valence-electron chi connectivity index (χ3n) is 2.15. The number of carbonyl (C=O) groups excluding carboxylic acids is 2. The molecule has 1 saturated heterocycles. The van der Waals surface area contributed by atoms with Gasteiger partial charge in [0.05, 0.1) is 6.61 Å². The minimum absolute atomic E-state index is 0.198. The van der Waals surface area contributed by atoms with E-state index in [9.17, 15) is 9.59 Å². The van der Waals surface area contributed by atoms with Crippen LogP contribution in [0.25, 0.3) is 0 Å². The molecule has 1 heterocycles. The number of esters is 1. The van der Waals surface area contributed by atoms with Crippen LogP contribution in [0.4, 0.5) is 0 Å². The number of piperidine rings is 1. The Kier molecular flexibility index (Phi) is 3.28. The number of hydrogen-bond donors (Lipinski definition) is 1. The molecule has 0 spiro atoms. The highest BCUT2D eigenvalue weighted by Crippen LogP contribution is 2.17. The zero-order valence-electron chi connectivity index (χ0n) is 8.00. The molecular weight excluding hydrogens is 170 g/mol. The summed E-state index contributed by atoms with van der Waals surface area (Å²) in [5.74, 6) is -0.834. The van der Waals surface area contributed by atoms with Gasteiger partial charge in [-0.25, -0.2) is 0 Å². The van der Waals surface area contributed by atoms with Gasteiger partial charge in [0.2, 0.25) is 5.91 Å². The van der Waals surface area contributed by atoms with E-state index in [1.54, 1.807) is 6.92 Å². The Morgan fingerprint density at radius 3 is 3.00 bits per heavy atom. The molecule has 1 amide bonds. The van der Waals surface area contributed by atoms with Crippen LogP contribution in [0.15, 0.2) is 0 Å². The normalized spacial score (nSPS) is 28.0. The van der Waals surface area contributed by atoms with Gasteiger partial charge in [0.15, 0.2) is 0 Å². The van der Waals surface area contributed by atoms with Crippen molar-refractivity contribution in [1.82, 2.24) is 5.32 Å². The zero-order chi connectivity index (χ0) is 9.84. The van der Waals surface area contributed by atoms with E-state index in [-0.39, 0.29) is 5.91 Å². The van der Waals surface area contributed by atoms with Crippen LogP contribution in [0.3, 0.4) is 0 Å². The van der Waals surface area contributed by atoms with Crippen LogP contribution in [0.1, 0.15) is 20.3 Å². The number of carbonyl (C=O) groups is 2. The number of nitrogens with one attached hydrogen (secondary N) is 1. The first-order valence-corrected chi connectivity index (χ1v) is 4.59. The second kappa shape index (κ2) is 4.25. The summed E-state index contributed by atoms with van der Waals surface area (Å²) in [5.41, 5.74) is 0. The highest BCUT2D eigenvalue weighted by Gasteiger charge is 2.33. The topological polar surface area (TPSA) is 55.4 Å². The molecule has 1 unspecified atom stereocenters. The standard InChI is InChI=1S/C9H15NO3/c1-3-13-9(12)7-4-6(2)5-10-8(7)11/h6-7H,3-5H2,1-2H3,(H,10,11)/t6?,7-/m1/s1. The van der Waals surface area contributed by atoms with Gasteiger partial charge < -0.3 is 10.1 Å². The number of hydrogen-bond acceptors (Lipinski definition) is 3. The monoisotopic (exact) mass is 185 g/mol. The van der Waals surface area contributed by atoms with Gasteiger partial charge >= 0.3 is 5.97 Å².